The highest BCUT2D eigenvalue weighted by Gasteiger charge is 2.16. The highest BCUT2D eigenvalue weighted by atomic mass is 32.2. The molecule has 2 aromatic heterocycles. The molecule has 0 bridgehead atoms. The Morgan fingerprint density at radius 1 is 1.28 bits per heavy atom. The van der Waals surface area contributed by atoms with Gasteiger partial charge in [0, 0.05) is 38.5 Å². The lowest BCUT2D eigenvalue weighted by molar-refractivity contribution is 0.226. The van der Waals surface area contributed by atoms with Crippen molar-refractivity contribution in [2.45, 2.75) is 6.43 Å². The topological polar surface area (TPSA) is 94.0 Å². The van der Waals surface area contributed by atoms with E-state index in [-0.39, 0.29) is 0 Å². The predicted octanol–water partition coefficient (Wildman–Crippen LogP) is 2.83. The quantitative estimate of drug-likeness (QED) is 0.543. The molecule has 0 saturated carbocycles. The molecule has 3 heterocycles. The van der Waals surface area contributed by atoms with Gasteiger partial charge < -0.3 is 19.0 Å². The third kappa shape index (κ3) is 7.18. The zero-order chi connectivity index (χ0) is 21.2. The van der Waals surface area contributed by atoms with Crippen molar-refractivity contribution in [3.05, 3.63) is 30.5 Å². The van der Waals surface area contributed by atoms with Gasteiger partial charge in [0.1, 0.15) is 18.0 Å². The van der Waals surface area contributed by atoms with Crippen molar-refractivity contribution < 1.29 is 13.0 Å². The van der Waals surface area contributed by atoms with Gasteiger partial charge in [-0.1, -0.05) is 0 Å². The summed E-state index contributed by atoms with van der Waals surface area (Å²) in [4.78, 5) is 20.2. The number of aromatic amines is 1. The number of aromatic nitrogens is 4. The van der Waals surface area contributed by atoms with E-state index >= 15 is 0 Å². The molecule has 3 rings (SSSR count). The average molecular weight is 426 g/mol. The van der Waals surface area contributed by atoms with Gasteiger partial charge in [0.2, 0.25) is 0 Å². The molecular formula is C18H25F2N7OS. The summed E-state index contributed by atoms with van der Waals surface area (Å²) in [6, 6.07) is 1.88. The van der Waals surface area contributed by atoms with Crippen molar-refractivity contribution in [3.8, 4) is 11.4 Å². The SMILES string of the molecule is CN1CCN(c2cc(-c3cnc(/C=C\C(=N)C(F)F)[nH]3)ncn2)CC1.COSC. The highest BCUT2D eigenvalue weighted by molar-refractivity contribution is 7.93. The van der Waals surface area contributed by atoms with Gasteiger partial charge in [0.25, 0.3) is 6.43 Å². The van der Waals surface area contributed by atoms with E-state index in [9.17, 15) is 8.78 Å². The second-order valence-corrected chi connectivity index (χ2v) is 6.82. The first-order valence-electron chi connectivity index (χ1n) is 8.87. The number of nitrogens with one attached hydrogen (secondary N) is 2. The van der Waals surface area contributed by atoms with Crippen molar-refractivity contribution in [2.24, 2.45) is 0 Å². The first-order valence-corrected chi connectivity index (χ1v) is 10.0. The summed E-state index contributed by atoms with van der Waals surface area (Å²) in [5.41, 5.74) is 0.596. The van der Waals surface area contributed by atoms with Gasteiger partial charge in [-0.15, -0.1) is 0 Å². The van der Waals surface area contributed by atoms with Gasteiger partial charge >= 0.3 is 0 Å². The lowest BCUT2D eigenvalue weighted by atomic mass is 10.2. The Morgan fingerprint density at radius 2 is 1.97 bits per heavy atom. The van der Waals surface area contributed by atoms with Gasteiger partial charge in [-0.05, 0) is 31.2 Å². The smallest absolute Gasteiger partial charge is 0.279 e. The maximum atomic E-state index is 12.3. The molecule has 1 saturated heterocycles. The zero-order valence-corrected chi connectivity index (χ0v) is 17.4. The van der Waals surface area contributed by atoms with Gasteiger partial charge in [-0.25, -0.2) is 23.7 Å². The number of nitrogens with zero attached hydrogens (tertiary/aromatic N) is 5. The number of anilines is 1. The molecule has 2 N–H and O–H groups in total. The maximum absolute atomic E-state index is 12.3. The molecule has 0 aromatic carbocycles. The molecule has 158 valence electrons. The molecular weight excluding hydrogens is 400 g/mol. The van der Waals surface area contributed by atoms with E-state index in [1.807, 2.05) is 12.3 Å². The molecule has 8 nitrogen and oxygen atoms in total. The number of hydrogen-bond donors (Lipinski definition) is 2. The standard InChI is InChI=1S/C16H19F2N7.C2H6OS/c1-24-4-6-25(7-5-24)15-8-12(21-10-22-15)13-9-20-14(23-13)3-2-11(19)16(17)18;1-3-4-2/h2-3,8-10,16,19H,4-7H2,1H3,(H,20,23);1-2H3/b3-2-,19-11?;. The fraction of sp³-hybridized carbons (Fsp3) is 0.444. The number of piperazine rings is 1. The summed E-state index contributed by atoms with van der Waals surface area (Å²) < 4.78 is 29.1. The summed E-state index contributed by atoms with van der Waals surface area (Å²) >= 11 is 1.36. The fourth-order valence-corrected chi connectivity index (χ4v) is 2.50. The van der Waals surface area contributed by atoms with Crippen LogP contribution in [-0.4, -0.2) is 83.6 Å². The van der Waals surface area contributed by atoms with Crippen LogP contribution in [0.1, 0.15) is 5.82 Å². The molecule has 1 aliphatic rings. The largest absolute Gasteiger partial charge is 0.354 e. The van der Waals surface area contributed by atoms with Crippen LogP contribution < -0.4 is 4.90 Å². The zero-order valence-electron chi connectivity index (χ0n) is 16.6. The fourth-order valence-electron chi connectivity index (χ4n) is 2.50. The summed E-state index contributed by atoms with van der Waals surface area (Å²) in [5.74, 6) is 1.24. The molecule has 1 fully saturated rings. The van der Waals surface area contributed by atoms with E-state index in [1.54, 1.807) is 13.3 Å². The highest BCUT2D eigenvalue weighted by Crippen LogP contribution is 2.20. The first kappa shape index (κ1) is 22.9. The van der Waals surface area contributed by atoms with Crippen molar-refractivity contribution in [3.63, 3.8) is 0 Å². The second-order valence-electron chi connectivity index (χ2n) is 6.16. The Bertz CT molecular complexity index is 805. The number of allylic oxidation sites excluding steroid dienone is 1. The van der Waals surface area contributed by atoms with E-state index in [0.717, 1.165) is 38.1 Å². The predicted molar refractivity (Wildman–Crippen MR) is 113 cm³/mol. The Hall–Kier alpha value is -2.37. The van der Waals surface area contributed by atoms with E-state index in [4.69, 9.17) is 5.41 Å². The number of hydrogen-bond acceptors (Lipinski definition) is 8. The van der Waals surface area contributed by atoms with Crippen LogP contribution >= 0.6 is 12.0 Å². The minimum Gasteiger partial charge on any atom is -0.354 e. The van der Waals surface area contributed by atoms with Crippen LogP contribution in [0, 0.1) is 5.41 Å². The number of H-pyrrole nitrogens is 1. The van der Waals surface area contributed by atoms with Crippen molar-refractivity contribution >= 4 is 29.6 Å². The summed E-state index contributed by atoms with van der Waals surface area (Å²) in [5, 5.41) is 7.11. The molecule has 0 radical (unpaired) electrons. The Morgan fingerprint density at radius 3 is 2.59 bits per heavy atom. The minimum atomic E-state index is -2.79. The summed E-state index contributed by atoms with van der Waals surface area (Å²) in [7, 11) is 3.74. The van der Waals surface area contributed by atoms with Crippen LogP contribution in [-0.2, 0) is 4.18 Å². The Kier molecular flexibility index (Phi) is 9.16. The van der Waals surface area contributed by atoms with E-state index < -0.39 is 12.1 Å². The molecule has 0 aliphatic carbocycles. The van der Waals surface area contributed by atoms with Gasteiger partial charge in [-0.3, -0.25) is 5.41 Å². The number of imidazole rings is 1. The number of rotatable bonds is 6. The number of likely N-dealkylation sites (N-methyl/N-ethyl adjacent to an activating group) is 1. The Labute approximate surface area is 173 Å². The van der Waals surface area contributed by atoms with Crippen LogP contribution in [0.25, 0.3) is 17.5 Å². The van der Waals surface area contributed by atoms with E-state index in [1.165, 1.54) is 24.4 Å². The third-order valence-electron chi connectivity index (χ3n) is 4.17. The van der Waals surface area contributed by atoms with Gasteiger partial charge in [-0.2, -0.15) is 0 Å². The third-order valence-corrected chi connectivity index (χ3v) is 4.51. The van der Waals surface area contributed by atoms with Crippen LogP contribution in [0.3, 0.4) is 0 Å². The van der Waals surface area contributed by atoms with E-state index in [0.29, 0.717) is 17.2 Å². The molecule has 29 heavy (non-hydrogen) atoms. The molecule has 0 unspecified atom stereocenters. The van der Waals surface area contributed by atoms with Crippen LogP contribution in [0.15, 0.2) is 24.7 Å². The molecule has 0 spiro atoms. The van der Waals surface area contributed by atoms with Crippen LogP contribution in [0.2, 0.25) is 0 Å². The lowest BCUT2D eigenvalue weighted by Gasteiger charge is -2.33. The summed E-state index contributed by atoms with van der Waals surface area (Å²) in [6.07, 6.45) is 4.55. The van der Waals surface area contributed by atoms with Crippen molar-refractivity contribution in [1.29, 1.82) is 5.41 Å². The average Bonchev–Trinajstić information content (AvgIpc) is 3.22. The Balaban J connectivity index is 0.000000687. The molecule has 1 aliphatic heterocycles. The molecule has 2 aromatic rings. The monoisotopic (exact) mass is 425 g/mol. The molecule has 0 atom stereocenters. The minimum absolute atomic E-state index is 0.389. The first-order chi connectivity index (χ1) is 13.9. The van der Waals surface area contributed by atoms with Gasteiger partial charge in [0.05, 0.1) is 30.4 Å². The molecule has 0 amide bonds. The van der Waals surface area contributed by atoms with E-state index in [2.05, 4.69) is 41.0 Å². The van der Waals surface area contributed by atoms with Crippen LogP contribution in [0.5, 0.6) is 0 Å². The molecule has 11 heteroatoms. The lowest BCUT2D eigenvalue weighted by Crippen LogP contribution is -2.44. The summed E-state index contributed by atoms with van der Waals surface area (Å²) in [6.45, 7) is 3.77. The number of alkyl halides is 2. The van der Waals surface area contributed by atoms with Crippen molar-refractivity contribution in [1.82, 2.24) is 24.8 Å². The normalized spacial score (nSPS) is 14.9. The maximum Gasteiger partial charge on any atom is 0.279 e. The number of halogens is 2. The van der Waals surface area contributed by atoms with Crippen LogP contribution in [0.4, 0.5) is 14.6 Å². The van der Waals surface area contributed by atoms with Crippen molar-refractivity contribution in [2.75, 3.05) is 51.5 Å². The van der Waals surface area contributed by atoms with Gasteiger partial charge in [0.15, 0.2) is 0 Å². The second kappa shape index (κ2) is 11.6.